The summed E-state index contributed by atoms with van der Waals surface area (Å²) in [5.41, 5.74) is 0.813. The number of amides is 1. The van der Waals surface area contributed by atoms with E-state index in [1.807, 2.05) is 0 Å². The van der Waals surface area contributed by atoms with Gasteiger partial charge in [0, 0.05) is 24.2 Å². The second kappa shape index (κ2) is 6.95. The van der Waals surface area contributed by atoms with Gasteiger partial charge in [-0.25, -0.2) is 4.39 Å². The quantitative estimate of drug-likeness (QED) is 0.852. The molecule has 7 heteroatoms. The predicted octanol–water partition coefficient (Wildman–Crippen LogP) is 1.57. The van der Waals surface area contributed by atoms with Crippen LogP contribution < -0.4 is 0 Å². The Labute approximate surface area is 136 Å². The van der Waals surface area contributed by atoms with Crippen molar-refractivity contribution in [1.82, 2.24) is 15.1 Å². The molecule has 0 radical (unpaired) electrons. The predicted molar refractivity (Wildman–Crippen MR) is 83.5 cm³/mol. The van der Waals surface area contributed by atoms with Gasteiger partial charge in [-0.05, 0) is 42.3 Å². The Morgan fingerprint density at radius 2 is 2.04 bits per heavy atom. The Kier molecular flexibility index (Phi) is 4.76. The molecular formula is C16H16FN3O2S. The summed E-state index contributed by atoms with van der Waals surface area (Å²) < 4.78 is 25.5. The van der Waals surface area contributed by atoms with Crippen LogP contribution in [0.3, 0.4) is 0 Å². The summed E-state index contributed by atoms with van der Waals surface area (Å²) in [6, 6.07) is 7.45. The van der Waals surface area contributed by atoms with Gasteiger partial charge >= 0.3 is 0 Å². The van der Waals surface area contributed by atoms with E-state index in [2.05, 4.69) is 10.2 Å². The van der Waals surface area contributed by atoms with Gasteiger partial charge < -0.3 is 4.90 Å². The minimum absolute atomic E-state index is 0.00314. The largest absolute Gasteiger partial charge is 0.341 e. The Bertz CT molecular complexity index is 709. The van der Waals surface area contributed by atoms with Crippen LogP contribution in [0, 0.1) is 5.82 Å². The maximum atomic E-state index is 12.9. The average molecular weight is 333 g/mol. The molecule has 1 saturated heterocycles. The standard InChI is InChI=1S/C16H16FN3O2S/c17-13-1-3-14(4-2-13)23(22)15-6-8-20(11-15)16(21)9-12-5-7-18-19-10-12/h1-5,7,10,15H,6,8-9,11H2. The third-order valence-corrected chi connectivity index (χ3v) is 5.57. The molecule has 3 rings (SSSR count). The Hall–Kier alpha value is -2.15. The Morgan fingerprint density at radius 3 is 2.74 bits per heavy atom. The number of hydrogen-bond donors (Lipinski definition) is 0. The third kappa shape index (κ3) is 3.79. The zero-order valence-electron chi connectivity index (χ0n) is 12.4. The number of carbonyl (C=O) groups excluding carboxylic acids is 1. The first kappa shape index (κ1) is 15.7. The van der Waals surface area contributed by atoms with E-state index < -0.39 is 10.8 Å². The summed E-state index contributed by atoms with van der Waals surface area (Å²) in [4.78, 5) is 14.6. The molecule has 120 valence electrons. The van der Waals surface area contributed by atoms with Crippen molar-refractivity contribution in [3.05, 3.63) is 54.1 Å². The number of hydrogen-bond acceptors (Lipinski definition) is 4. The van der Waals surface area contributed by atoms with Gasteiger partial charge in [-0.15, -0.1) is 0 Å². The van der Waals surface area contributed by atoms with E-state index in [-0.39, 0.29) is 23.4 Å². The number of halogens is 1. The first-order valence-corrected chi connectivity index (χ1v) is 8.54. The SMILES string of the molecule is O=C(Cc1ccnnc1)N1CCC(S(=O)c2ccc(F)cc2)C1. The number of benzene rings is 1. The van der Waals surface area contributed by atoms with Gasteiger partial charge in [0.15, 0.2) is 0 Å². The van der Waals surface area contributed by atoms with E-state index in [0.29, 0.717) is 24.4 Å². The van der Waals surface area contributed by atoms with Crippen molar-refractivity contribution in [2.45, 2.75) is 23.0 Å². The minimum Gasteiger partial charge on any atom is -0.341 e. The van der Waals surface area contributed by atoms with Crippen molar-refractivity contribution in [2.75, 3.05) is 13.1 Å². The van der Waals surface area contributed by atoms with Crippen LogP contribution >= 0.6 is 0 Å². The highest BCUT2D eigenvalue weighted by molar-refractivity contribution is 7.85. The summed E-state index contributed by atoms with van der Waals surface area (Å²) >= 11 is 0. The molecule has 0 bridgehead atoms. The van der Waals surface area contributed by atoms with E-state index in [1.54, 1.807) is 35.5 Å². The fraction of sp³-hybridized carbons (Fsp3) is 0.312. The summed E-state index contributed by atoms with van der Waals surface area (Å²) in [7, 11) is -1.23. The molecule has 5 nitrogen and oxygen atoms in total. The first-order chi connectivity index (χ1) is 11.1. The Morgan fingerprint density at radius 1 is 1.26 bits per heavy atom. The average Bonchev–Trinajstić information content (AvgIpc) is 3.06. The van der Waals surface area contributed by atoms with Crippen molar-refractivity contribution in [3.8, 4) is 0 Å². The molecule has 1 fully saturated rings. The number of aromatic nitrogens is 2. The van der Waals surface area contributed by atoms with Crippen LogP contribution in [0.4, 0.5) is 4.39 Å². The summed E-state index contributed by atoms with van der Waals surface area (Å²) in [6.07, 6.45) is 4.08. The van der Waals surface area contributed by atoms with Crippen molar-refractivity contribution in [3.63, 3.8) is 0 Å². The summed E-state index contributed by atoms with van der Waals surface area (Å²) in [5.74, 6) is -0.350. The van der Waals surface area contributed by atoms with E-state index in [9.17, 15) is 13.4 Å². The number of carbonyl (C=O) groups is 1. The van der Waals surface area contributed by atoms with Crippen molar-refractivity contribution < 1.29 is 13.4 Å². The molecule has 2 aromatic rings. The van der Waals surface area contributed by atoms with E-state index in [1.165, 1.54) is 12.1 Å². The maximum Gasteiger partial charge on any atom is 0.227 e. The lowest BCUT2D eigenvalue weighted by molar-refractivity contribution is -0.129. The zero-order chi connectivity index (χ0) is 16.2. The van der Waals surface area contributed by atoms with Gasteiger partial charge in [0.1, 0.15) is 5.82 Å². The molecule has 2 atom stereocenters. The second-order valence-electron chi connectivity index (χ2n) is 5.43. The van der Waals surface area contributed by atoms with Crippen LogP contribution in [0.15, 0.2) is 47.6 Å². The smallest absolute Gasteiger partial charge is 0.227 e. The number of rotatable bonds is 4. The zero-order valence-corrected chi connectivity index (χ0v) is 13.2. The van der Waals surface area contributed by atoms with Gasteiger partial charge in [0.25, 0.3) is 0 Å². The molecule has 0 spiro atoms. The summed E-state index contributed by atoms with van der Waals surface area (Å²) in [6.45, 7) is 1.05. The lowest BCUT2D eigenvalue weighted by atomic mass is 10.2. The van der Waals surface area contributed by atoms with Crippen molar-refractivity contribution in [1.29, 1.82) is 0 Å². The van der Waals surface area contributed by atoms with Crippen LogP contribution in [0.2, 0.25) is 0 Å². The molecule has 0 saturated carbocycles. The number of likely N-dealkylation sites (tertiary alicyclic amines) is 1. The van der Waals surface area contributed by atoms with Gasteiger partial charge in [-0.1, -0.05) is 0 Å². The van der Waals surface area contributed by atoms with Crippen LogP contribution in [0.5, 0.6) is 0 Å². The van der Waals surface area contributed by atoms with E-state index in [0.717, 1.165) is 5.56 Å². The molecule has 2 unspecified atom stereocenters. The fourth-order valence-corrected chi connectivity index (χ4v) is 4.02. The molecule has 1 aliphatic heterocycles. The maximum absolute atomic E-state index is 12.9. The van der Waals surface area contributed by atoms with Crippen LogP contribution in [0.25, 0.3) is 0 Å². The van der Waals surface area contributed by atoms with Gasteiger partial charge in [-0.3, -0.25) is 9.00 Å². The molecule has 2 heterocycles. The summed E-state index contributed by atoms with van der Waals surface area (Å²) in [5, 5.41) is 7.33. The Balaban J connectivity index is 1.60. The third-order valence-electron chi connectivity index (χ3n) is 3.85. The highest BCUT2D eigenvalue weighted by Gasteiger charge is 2.30. The lowest BCUT2D eigenvalue weighted by Crippen LogP contribution is -2.31. The highest BCUT2D eigenvalue weighted by atomic mass is 32.2. The minimum atomic E-state index is -1.23. The van der Waals surface area contributed by atoms with Crippen LogP contribution in [-0.4, -0.2) is 43.6 Å². The molecule has 1 amide bonds. The molecule has 23 heavy (non-hydrogen) atoms. The fourth-order valence-electron chi connectivity index (χ4n) is 2.60. The van der Waals surface area contributed by atoms with Crippen molar-refractivity contribution >= 4 is 16.7 Å². The monoisotopic (exact) mass is 333 g/mol. The molecule has 0 N–H and O–H groups in total. The normalized spacial score (nSPS) is 18.8. The van der Waals surface area contributed by atoms with Crippen LogP contribution in [0.1, 0.15) is 12.0 Å². The molecule has 0 aliphatic carbocycles. The lowest BCUT2D eigenvalue weighted by Gasteiger charge is -2.16. The molecule has 1 aromatic carbocycles. The number of nitrogens with zero attached hydrogens (tertiary/aromatic N) is 3. The van der Waals surface area contributed by atoms with E-state index >= 15 is 0 Å². The van der Waals surface area contributed by atoms with Gasteiger partial charge in [0.05, 0.1) is 28.7 Å². The second-order valence-corrected chi connectivity index (χ2v) is 7.16. The first-order valence-electron chi connectivity index (χ1n) is 7.33. The molecule has 1 aromatic heterocycles. The molecule has 1 aliphatic rings. The van der Waals surface area contributed by atoms with Gasteiger partial charge in [0.2, 0.25) is 5.91 Å². The van der Waals surface area contributed by atoms with Crippen LogP contribution in [-0.2, 0) is 22.0 Å². The van der Waals surface area contributed by atoms with Gasteiger partial charge in [-0.2, -0.15) is 10.2 Å². The highest BCUT2D eigenvalue weighted by Crippen LogP contribution is 2.21. The van der Waals surface area contributed by atoms with E-state index in [4.69, 9.17) is 0 Å². The topological polar surface area (TPSA) is 63.2 Å². The van der Waals surface area contributed by atoms with Crippen molar-refractivity contribution in [2.24, 2.45) is 0 Å². The molecular weight excluding hydrogens is 317 g/mol.